The van der Waals surface area contributed by atoms with E-state index in [1.165, 1.54) is 6.42 Å². The Labute approximate surface area is 95.2 Å². The second-order valence-electron chi connectivity index (χ2n) is 5.16. The fraction of sp³-hybridized carbons (Fsp3) is 0.833. The van der Waals surface area contributed by atoms with E-state index >= 15 is 0 Å². The Hall–Kier alpha value is -1.06. The van der Waals surface area contributed by atoms with Gasteiger partial charge >= 0.3 is 5.97 Å². The van der Waals surface area contributed by atoms with Gasteiger partial charge < -0.3 is 10.8 Å². The number of carbonyl (C=O) groups is 2. The Morgan fingerprint density at radius 2 is 1.75 bits per heavy atom. The van der Waals surface area contributed by atoms with Crippen molar-refractivity contribution < 1.29 is 14.7 Å². The van der Waals surface area contributed by atoms with Crippen LogP contribution >= 0.6 is 0 Å². The molecule has 4 atom stereocenters. The minimum absolute atomic E-state index is 0.223. The van der Waals surface area contributed by atoms with Crippen LogP contribution in [0.5, 0.6) is 0 Å². The van der Waals surface area contributed by atoms with Crippen molar-refractivity contribution in [3.05, 3.63) is 0 Å². The van der Waals surface area contributed by atoms with Gasteiger partial charge in [-0.1, -0.05) is 19.3 Å². The minimum atomic E-state index is -0.854. The summed E-state index contributed by atoms with van der Waals surface area (Å²) in [6.45, 7) is 0. The van der Waals surface area contributed by atoms with Gasteiger partial charge in [0.05, 0.1) is 11.8 Å². The van der Waals surface area contributed by atoms with Crippen molar-refractivity contribution in [2.45, 2.75) is 38.5 Å². The lowest BCUT2D eigenvalue weighted by Crippen LogP contribution is -2.46. The zero-order valence-electron chi connectivity index (χ0n) is 9.39. The molecule has 4 nitrogen and oxygen atoms in total. The first-order valence-electron chi connectivity index (χ1n) is 6.13. The van der Waals surface area contributed by atoms with Gasteiger partial charge in [0, 0.05) is 0 Å². The molecule has 2 saturated carbocycles. The number of hydrogen-bond acceptors (Lipinski definition) is 2. The quantitative estimate of drug-likeness (QED) is 0.745. The molecule has 90 valence electrons. The highest BCUT2D eigenvalue weighted by atomic mass is 16.4. The second kappa shape index (κ2) is 4.44. The SMILES string of the molecule is NC(=O)C1C(C(=O)O)CCC2CCCCC21. The van der Waals surface area contributed by atoms with Crippen molar-refractivity contribution in [1.82, 2.24) is 0 Å². The maximum Gasteiger partial charge on any atom is 0.307 e. The van der Waals surface area contributed by atoms with Crippen LogP contribution in [0.3, 0.4) is 0 Å². The predicted octanol–water partition coefficient (Wildman–Crippen LogP) is 1.39. The molecule has 0 bridgehead atoms. The van der Waals surface area contributed by atoms with Crippen LogP contribution in [-0.2, 0) is 9.59 Å². The molecule has 1 amide bonds. The molecule has 2 aliphatic carbocycles. The predicted molar refractivity (Wildman–Crippen MR) is 58.5 cm³/mol. The normalized spacial score (nSPS) is 38.8. The van der Waals surface area contributed by atoms with Crippen molar-refractivity contribution in [3.63, 3.8) is 0 Å². The number of carboxylic acids is 1. The Morgan fingerprint density at radius 3 is 2.38 bits per heavy atom. The number of carboxylic acid groups (broad SMARTS) is 1. The lowest BCUT2D eigenvalue weighted by Gasteiger charge is -2.42. The molecule has 0 aromatic heterocycles. The topological polar surface area (TPSA) is 80.4 Å². The smallest absolute Gasteiger partial charge is 0.307 e. The van der Waals surface area contributed by atoms with Crippen LogP contribution in [0.15, 0.2) is 0 Å². The maximum atomic E-state index is 11.5. The third kappa shape index (κ3) is 1.93. The Balaban J connectivity index is 2.20. The van der Waals surface area contributed by atoms with Gasteiger partial charge in [-0.3, -0.25) is 9.59 Å². The van der Waals surface area contributed by atoms with Gasteiger partial charge in [-0.2, -0.15) is 0 Å². The van der Waals surface area contributed by atoms with Gasteiger partial charge in [0.1, 0.15) is 0 Å². The summed E-state index contributed by atoms with van der Waals surface area (Å²) in [5.74, 6) is -1.49. The van der Waals surface area contributed by atoms with E-state index in [1.54, 1.807) is 0 Å². The van der Waals surface area contributed by atoms with Gasteiger partial charge in [0.15, 0.2) is 0 Å². The van der Waals surface area contributed by atoms with Gasteiger partial charge in [0.2, 0.25) is 5.91 Å². The van der Waals surface area contributed by atoms with Crippen LogP contribution in [0.25, 0.3) is 0 Å². The van der Waals surface area contributed by atoms with Crippen molar-refractivity contribution in [3.8, 4) is 0 Å². The summed E-state index contributed by atoms with van der Waals surface area (Å²) >= 11 is 0. The molecule has 2 fully saturated rings. The van der Waals surface area contributed by atoms with Crippen molar-refractivity contribution in [1.29, 1.82) is 0 Å². The first-order valence-corrected chi connectivity index (χ1v) is 6.13. The molecule has 2 aliphatic rings. The summed E-state index contributed by atoms with van der Waals surface area (Å²) in [6, 6.07) is 0. The molecule has 16 heavy (non-hydrogen) atoms. The monoisotopic (exact) mass is 225 g/mol. The molecule has 4 heteroatoms. The third-order valence-electron chi connectivity index (χ3n) is 4.36. The van der Waals surface area contributed by atoms with E-state index < -0.39 is 23.7 Å². The summed E-state index contributed by atoms with van der Waals surface area (Å²) in [5.41, 5.74) is 5.40. The first-order chi connectivity index (χ1) is 7.61. The van der Waals surface area contributed by atoms with Gasteiger partial charge in [-0.15, -0.1) is 0 Å². The van der Waals surface area contributed by atoms with Crippen molar-refractivity contribution >= 4 is 11.9 Å². The summed E-state index contributed by atoms with van der Waals surface area (Å²) in [5, 5.41) is 9.14. The largest absolute Gasteiger partial charge is 0.481 e. The van der Waals surface area contributed by atoms with Crippen molar-refractivity contribution in [2.24, 2.45) is 29.4 Å². The molecule has 0 heterocycles. The Morgan fingerprint density at radius 1 is 1.06 bits per heavy atom. The molecule has 0 saturated heterocycles. The second-order valence-corrected chi connectivity index (χ2v) is 5.16. The number of hydrogen-bond donors (Lipinski definition) is 2. The summed E-state index contributed by atoms with van der Waals surface area (Å²) in [4.78, 5) is 22.6. The van der Waals surface area contributed by atoms with Gasteiger partial charge in [-0.25, -0.2) is 0 Å². The number of amides is 1. The lowest BCUT2D eigenvalue weighted by molar-refractivity contribution is -0.152. The van der Waals surface area contributed by atoms with Crippen LogP contribution in [-0.4, -0.2) is 17.0 Å². The van der Waals surface area contributed by atoms with Crippen LogP contribution < -0.4 is 5.73 Å². The van der Waals surface area contributed by atoms with Gasteiger partial charge in [-0.05, 0) is 31.1 Å². The molecule has 0 spiro atoms. The zero-order valence-corrected chi connectivity index (χ0v) is 9.39. The molecule has 3 N–H and O–H groups in total. The van der Waals surface area contributed by atoms with E-state index in [9.17, 15) is 9.59 Å². The van der Waals surface area contributed by atoms with Gasteiger partial charge in [0.25, 0.3) is 0 Å². The van der Waals surface area contributed by atoms with E-state index in [1.807, 2.05) is 0 Å². The van der Waals surface area contributed by atoms with Crippen LogP contribution in [0.1, 0.15) is 38.5 Å². The average Bonchev–Trinajstić information content (AvgIpc) is 2.27. The lowest BCUT2D eigenvalue weighted by atomic mass is 9.61. The summed E-state index contributed by atoms with van der Waals surface area (Å²) in [7, 11) is 0. The molecule has 0 aromatic carbocycles. The highest BCUT2D eigenvalue weighted by molar-refractivity contribution is 5.84. The molecule has 0 radical (unpaired) electrons. The molecule has 0 aromatic rings. The van der Waals surface area contributed by atoms with Crippen molar-refractivity contribution in [2.75, 3.05) is 0 Å². The van der Waals surface area contributed by atoms with E-state index in [4.69, 9.17) is 10.8 Å². The molecular weight excluding hydrogens is 206 g/mol. The van der Waals surface area contributed by atoms with Crippen LogP contribution in [0.4, 0.5) is 0 Å². The first kappa shape index (κ1) is 11.4. The number of rotatable bonds is 2. The fourth-order valence-electron chi connectivity index (χ4n) is 3.63. The highest BCUT2D eigenvalue weighted by Gasteiger charge is 2.45. The Kier molecular flexibility index (Phi) is 3.17. The maximum absolute atomic E-state index is 11.5. The minimum Gasteiger partial charge on any atom is -0.481 e. The zero-order chi connectivity index (χ0) is 11.7. The van der Waals surface area contributed by atoms with E-state index in [2.05, 4.69) is 0 Å². The highest BCUT2D eigenvalue weighted by Crippen LogP contribution is 2.46. The van der Waals surface area contributed by atoms with E-state index in [-0.39, 0.29) is 5.92 Å². The van der Waals surface area contributed by atoms with Crippen LogP contribution in [0.2, 0.25) is 0 Å². The van der Waals surface area contributed by atoms with Crippen LogP contribution in [0, 0.1) is 23.7 Å². The third-order valence-corrected chi connectivity index (χ3v) is 4.36. The number of nitrogens with two attached hydrogens (primary N) is 1. The molecule has 0 aliphatic heterocycles. The average molecular weight is 225 g/mol. The molecular formula is C12H19NO3. The fourth-order valence-corrected chi connectivity index (χ4v) is 3.63. The summed E-state index contributed by atoms with van der Waals surface area (Å²) < 4.78 is 0. The number of fused-ring (bicyclic) bond motifs is 1. The summed E-state index contributed by atoms with van der Waals surface area (Å²) in [6.07, 6.45) is 6.00. The van der Waals surface area contributed by atoms with E-state index in [0.29, 0.717) is 12.3 Å². The standard InChI is InChI=1S/C12H19NO3/c13-11(14)10-8-4-2-1-3-7(8)5-6-9(10)12(15)16/h7-10H,1-6H2,(H2,13,14)(H,15,16). The number of carbonyl (C=O) groups excluding carboxylic acids is 1. The number of primary amides is 1. The van der Waals surface area contributed by atoms with E-state index in [0.717, 1.165) is 25.7 Å². The number of aliphatic carboxylic acids is 1. The molecule has 2 rings (SSSR count). The molecule has 4 unspecified atom stereocenters. The Bertz CT molecular complexity index is 303.